The second kappa shape index (κ2) is 5.69. The highest BCUT2D eigenvalue weighted by molar-refractivity contribution is 7.20. The lowest BCUT2D eigenvalue weighted by Crippen LogP contribution is -2.28. The SMILES string of the molecule is CC(C)(C)CCC(NN)c1cc(Cl)sc1Cl. The van der Waals surface area contributed by atoms with Crippen LogP contribution in [0.5, 0.6) is 0 Å². The molecule has 0 bridgehead atoms. The molecule has 2 nitrogen and oxygen atoms in total. The van der Waals surface area contributed by atoms with Crippen molar-refractivity contribution in [2.24, 2.45) is 11.3 Å². The van der Waals surface area contributed by atoms with Gasteiger partial charge in [-0.05, 0) is 24.3 Å². The summed E-state index contributed by atoms with van der Waals surface area (Å²) in [6, 6.07) is 1.97. The molecule has 0 saturated heterocycles. The number of hydrazine groups is 1. The third-order valence-electron chi connectivity index (χ3n) is 2.44. The molecule has 16 heavy (non-hydrogen) atoms. The molecule has 1 atom stereocenters. The summed E-state index contributed by atoms with van der Waals surface area (Å²) in [4.78, 5) is 0. The van der Waals surface area contributed by atoms with Gasteiger partial charge in [-0.2, -0.15) is 0 Å². The molecular formula is C11H18Cl2N2S. The fraction of sp³-hybridized carbons (Fsp3) is 0.636. The predicted octanol–water partition coefficient (Wildman–Crippen LogP) is 4.39. The van der Waals surface area contributed by atoms with Crippen molar-refractivity contribution in [1.29, 1.82) is 0 Å². The monoisotopic (exact) mass is 280 g/mol. The maximum Gasteiger partial charge on any atom is 0.0992 e. The third-order valence-corrected chi connectivity index (χ3v) is 3.96. The molecule has 92 valence electrons. The summed E-state index contributed by atoms with van der Waals surface area (Å²) >= 11 is 13.4. The van der Waals surface area contributed by atoms with E-state index in [1.807, 2.05) is 6.07 Å². The van der Waals surface area contributed by atoms with Crippen LogP contribution in [-0.4, -0.2) is 0 Å². The largest absolute Gasteiger partial charge is 0.271 e. The lowest BCUT2D eigenvalue weighted by Gasteiger charge is -2.22. The fourth-order valence-electron chi connectivity index (χ4n) is 1.50. The maximum atomic E-state index is 6.11. The van der Waals surface area contributed by atoms with Gasteiger partial charge in [0.15, 0.2) is 0 Å². The molecule has 0 saturated carbocycles. The third kappa shape index (κ3) is 4.22. The van der Waals surface area contributed by atoms with E-state index in [-0.39, 0.29) is 6.04 Å². The molecule has 1 aromatic rings. The van der Waals surface area contributed by atoms with Gasteiger partial charge < -0.3 is 0 Å². The molecule has 5 heteroatoms. The summed E-state index contributed by atoms with van der Waals surface area (Å²) < 4.78 is 1.43. The van der Waals surface area contributed by atoms with Gasteiger partial charge in [-0.1, -0.05) is 44.0 Å². The predicted molar refractivity (Wildman–Crippen MR) is 73.1 cm³/mol. The summed E-state index contributed by atoms with van der Waals surface area (Å²) in [5, 5.41) is 0. The number of nitrogens with one attached hydrogen (secondary N) is 1. The number of nitrogens with two attached hydrogens (primary N) is 1. The highest BCUT2D eigenvalue weighted by atomic mass is 35.5. The summed E-state index contributed by atoms with van der Waals surface area (Å²) in [6.07, 6.45) is 2.03. The Balaban J connectivity index is 2.71. The first-order chi connectivity index (χ1) is 7.33. The van der Waals surface area contributed by atoms with E-state index >= 15 is 0 Å². The minimum Gasteiger partial charge on any atom is -0.271 e. The van der Waals surface area contributed by atoms with E-state index in [1.54, 1.807) is 0 Å². The Hall–Kier alpha value is 0.200. The van der Waals surface area contributed by atoms with E-state index in [0.29, 0.717) is 9.75 Å². The second-order valence-corrected chi connectivity index (χ2v) is 7.38. The lowest BCUT2D eigenvalue weighted by atomic mass is 9.88. The van der Waals surface area contributed by atoms with Crippen molar-refractivity contribution in [1.82, 2.24) is 5.43 Å². The number of halogens is 2. The normalized spacial score (nSPS) is 14.1. The summed E-state index contributed by atoms with van der Waals surface area (Å²) in [5.41, 5.74) is 4.10. The number of rotatable bonds is 4. The molecule has 0 amide bonds. The molecule has 0 radical (unpaired) electrons. The molecule has 1 heterocycles. The highest BCUT2D eigenvalue weighted by Gasteiger charge is 2.19. The van der Waals surface area contributed by atoms with Crippen molar-refractivity contribution >= 4 is 34.5 Å². The van der Waals surface area contributed by atoms with Gasteiger partial charge in [-0.25, -0.2) is 0 Å². The van der Waals surface area contributed by atoms with E-state index in [4.69, 9.17) is 29.0 Å². The standard InChI is InChI=1S/C11H18Cl2N2S/c1-11(2,3)5-4-8(15-14)7-6-9(12)16-10(7)13/h6,8,15H,4-5,14H2,1-3H3. The van der Waals surface area contributed by atoms with Crippen molar-refractivity contribution in [2.45, 2.75) is 39.7 Å². The van der Waals surface area contributed by atoms with Gasteiger partial charge in [0.05, 0.1) is 8.67 Å². The number of hydrogen-bond donors (Lipinski definition) is 2. The zero-order valence-electron chi connectivity index (χ0n) is 9.81. The first-order valence-corrected chi connectivity index (χ1v) is 6.81. The van der Waals surface area contributed by atoms with Crippen LogP contribution in [0.4, 0.5) is 0 Å². The summed E-state index contributed by atoms with van der Waals surface area (Å²) in [7, 11) is 0. The van der Waals surface area contributed by atoms with Gasteiger partial charge in [0.2, 0.25) is 0 Å². The Kier molecular flexibility index (Phi) is 5.08. The van der Waals surface area contributed by atoms with Crippen LogP contribution in [0.1, 0.15) is 45.2 Å². The Bertz CT molecular complexity index is 344. The summed E-state index contributed by atoms with van der Waals surface area (Å²) in [6.45, 7) is 6.63. The van der Waals surface area contributed by atoms with Crippen molar-refractivity contribution in [3.63, 3.8) is 0 Å². The zero-order valence-corrected chi connectivity index (χ0v) is 12.1. The molecule has 0 spiro atoms. The second-order valence-electron chi connectivity index (χ2n) is 5.10. The van der Waals surface area contributed by atoms with Crippen LogP contribution in [0.3, 0.4) is 0 Å². The Labute approximate surface area is 111 Å². The maximum absolute atomic E-state index is 6.11. The van der Waals surface area contributed by atoms with Gasteiger partial charge in [0.1, 0.15) is 0 Å². The fourth-order valence-corrected chi connectivity index (χ4v) is 3.08. The average Bonchev–Trinajstić information content (AvgIpc) is 2.45. The van der Waals surface area contributed by atoms with E-state index in [0.717, 1.165) is 22.7 Å². The Morgan fingerprint density at radius 1 is 1.44 bits per heavy atom. The van der Waals surface area contributed by atoms with Crippen LogP contribution >= 0.6 is 34.5 Å². The number of hydrogen-bond acceptors (Lipinski definition) is 3. The molecular weight excluding hydrogens is 263 g/mol. The van der Waals surface area contributed by atoms with Crippen LogP contribution in [0.2, 0.25) is 8.67 Å². The van der Waals surface area contributed by atoms with Crippen molar-refractivity contribution in [2.75, 3.05) is 0 Å². The molecule has 1 aromatic heterocycles. The topological polar surface area (TPSA) is 38.0 Å². The van der Waals surface area contributed by atoms with Crippen LogP contribution in [0.25, 0.3) is 0 Å². The molecule has 0 aliphatic carbocycles. The molecule has 1 unspecified atom stereocenters. The van der Waals surface area contributed by atoms with E-state index < -0.39 is 0 Å². The quantitative estimate of drug-likeness (QED) is 0.634. The van der Waals surface area contributed by atoms with E-state index in [1.165, 1.54) is 11.3 Å². The van der Waals surface area contributed by atoms with Crippen molar-refractivity contribution < 1.29 is 0 Å². The van der Waals surface area contributed by atoms with Gasteiger partial charge >= 0.3 is 0 Å². The minimum atomic E-state index is 0.0791. The smallest absolute Gasteiger partial charge is 0.0992 e. The lowest BCUT2D eigenvalue weighted by molar-refractivity contribution is 0.334. The van der Waals surface area contributed by atoms with Crippen LogP contribution < -0.4 is 11.3 Å². The van der Waals surface area contributed by atoms with Crippen molar-refractivity contribution in [3.8, 4) is 0 Å². The molecule has 0 aliphatic rings. The molecule has 0 aromatic carbocycles. The Morgan fingerprint density at radius 3 is 2.44 bits per heavy atom. The van der Waals surface area contributed by atoms with Crippen LogP contribution in [0, 0.1) is 5.41 Å². The average molecular weight is 281 g/mol. The summed E-state index contributed by atoms with van der Waals surface area (Å²) in [5.74, 6) is 5.57. The molecule has 0 fully saturated rings. The zero-order chi connectivity index (χ0) is 12.3. The molecule has 0 aliphatic heterocycles. The van der Waals surface area contributed by atoms with Gasteiger partial charge in [-0.3, -0.25) is 11.3 Å². The number of thiophene rings is 1. The van der Waals surface area contributed by atoms with Gasteiger partial charge in [0, 0.05) is 11.6 Å². The van der Waals surface area contributed by atoms with Crippen LogP contribution in [0.15, 0.2) is 6.07 Å². The van der Waals surface area contributed by atoms with E-state index in [2.05, 4.69) is 26.2 Å². The highest BCUT2D eigenvalue weighted by Crippen LogP contribution is 2.37. The Morgan fingerprint density at radius 2 is 2.06 bits per heavy atom. The van der Waals surface area contributed by atoms with Crippen molar-refractivity contribution in [3.05, 3.63) is 20.3 Å². The first-order valence-electron chi connectivity index (χ1n) is 5.24. The first kappa shape index (κ1) is 14.3. The van der Waals surface area contributed by atoms with Crippen LogP contribution in [-0.2, 0) is 0 Å². The minimum absolute atomic E-state index is 0.0791. The molecule has 1 rings (SSSR count). The molecule has 3 N–H and O–H groups in total. The van der Waals surface area contributed by atoms with Gasteiger partial charge in [-0.15, -0.1) is 11.3 Å². The van der Waals surface area contributed by atoms with E-state index in [9.17, 15) is 0 Å². The van der Waals surface area contributed by atoms with Gasteiger partial charge in [0.25, 0.3) is 0 Å².